The van der Waals surface area contributed by atoms with E-state index < -0.39 is 0 Å². The van der Waals surface area contributed by atoms with E-state index in [0.717, 1.165) is 5.75 Å². The van der Waals surface area contributed by atoms with E-state index in [4.69, 9.17) is 9.47 Å². The predicted molar refractivity (Wildman–Crippen MR) is 57.3 cm³/mol. The van der Waals surface area contributed by atoms with Crippen LogP contribution in [0, 0.1) is 0 Å². The summed E-state index contributed by atoms with van der Waals surface area (Å²) >= 11 is 1.98. The number of halogens is 1. The first kappa shape index (κ1) is 10.3. The monoisotopic (exact) mass is 292 g/mol. The van der Waals surface area contributed by atoms with Crippen molar-refractivity contribution in [1.29, 1.82) is 0 Å². The van der Waals surface area contributed by atoms with Crippen molar-refractivity contribution in [2.24, 2.45) is 0 Å². The van der Waals surface area contributed by atoms with E-state index >= 15 is 0 Å². The first-order valence-electron chi connectivity index (χ1n) is 3.65. The third-order valence-corrected chi connectivity index (χ3v) is 1.82. The molecule has 1 aromatic rings. The van der Waals surface area contributed by atoms with Crippen molar-refractivity contribution in [2.45, 2.75) is 0 Å². The Balaban J connectivity index is 2.74. The molecule has 0 unspecified atom stereocenters. The number of carbonyl (C=O) groups excluding carboxylic acids is 1. The van der Waals surface area contributed by atoms with Crippen LogP contribution in [0.1, 0.15) is 10.4 Å². The molecule has 4 heteroatoms. The van der Waals surface area contributed by atoms with E-state index in [9.17, 15) is 4.79 Å². The van der Waals surface area contributed by atoms with Crippen molar-refractivity contribution in [3.8, 4) is 5.75 Å². The molecule has 0 aliphatic heterocycles. The summed E-state index contributed by atoms with van der Waals surface area (Å²) in [5.41, 5.74) is 0.539. The fraction of sp³-hybridized carbons (Fsp3) is 0.222. The predicted octanol–water partition coefficient (Wildman–Crippen LogP) is 2.24. The Bertz CT molecular complexity index is 281. The standard InChI is InChI=1S/C9H9IO3/c1-12-8-4-2-7(3-5-8)9(11)13-6-10/h2-5H,6H2,1H3. The first-order valence-corrected chi connectivity index (χ1v) is 5.17. The third kappa shape index (κ3) is 2.87. The molecule has 0 bridgehead atoms. The summed E-state index contributed by atoms with van der Waals surface area (Å²) in [7, 11) is 1.58. The highest BCUT2D eigenvalue weighted by Crippen LogP contribution is 2.12. The topological polar surface area (TPSA) is 35.5 Å². The highest BCUT2D eigenvalue weighted by molar-refractivity contribution is 14.1. The number of hydrogen-bond donors (Lipinski definition) is 0. The molecule has 1 aromatic carbocycles. The molecule has 1 rings (SSSR count). The van der Waals surface area contributed by atoms with Gasteiger partial charge in [-0.05, 0) is 46.9 Å². The number of benzene rings is 1. The van der Waals surface area contributed by atoms with Crippen molar-refractivity contribution < 1.29 is 14.3 Å². The Morgan fingerprint density at radius 2 is 2.00 bits per heavy atom. The lowest BCUT2D eigenvalue weighted by atomic mass is 10.2. The third-order valence-electron chi connectivity index (χ3n) is 1.51. The molecule has 0 N–H and O–H groups in total. The van der Waals surface area contributed by atoms with E-state index in [2.05, 4.69) is 0 Å². The molecule has 0 atom stereocenters. The van der Waals surface area contributed by atoms with Gasteiger partial charge in [0.25, 0.3) is 0 Å². The van der Waals surface area contributed by atoms with Crippen LogP contribution in [-0.2, 0) is 4.74 Å². The van der Waals surface area contributed by atoms with Crippen molar-refractivity contribution >= 4 is 28.6 Å². The van der Waals surface area contributed by atoms with Crippen LogP contribution in [0.4, 0.5) is 0 Å². The lowest BCUT2D eigenvalue weighted by Gasteiger charge is -2.02. The smallest absolute Gasteiger partial charge is 0.338 e. The van der Waals surface area contributed by atoms with Crippen LogP contribution in [0.25, 0.3) is 0 Å². The second kappa shape index (κ2) is 5.06. The second-order valence-electron chi connectivity index (χ2n) is 2.27. The molecule has 0 heterocycles. The van der Waals surface area contributed by atoms with Crippen LogP contribution in [0.3, 0.4) is 0 Å². The van der Waals surface area contributed by atoms with Gasteiger partial charge in [0, 0.05) is 0 Å². The van der Waals surface area contributed by atoms with Gasteiger partial charge in [-0.1, -0.05) is 0 Å². The Labute approximate surface area is 90.2 Å². The molecule has 13 heavy (non-hydrogen) atoms. The number of ether oxygens (including phenoxy) is 2. The fourth-order valence-corrected chi connectivity index (χ4v) is 1.14. The summed E-state index contributed by atoms with van der Waals surface area (Å²) in [6.07, 6.45) is 0. The van der Waals surface area contributed by atoms with E-state index in [1.54, 1.807) is 31.4 Å². The van der Waals surface area contributed by atoms with Crippen LogP contribution >= 0.6 is 22.6 Å². The molecule has 0 saturated carbocycles. The summed E-state index contributed by atoms with van der Waals surface area (Å²) in [4.78, 5) is 11.2. The molecule has 70 valence electrons. The fourth-order valence-electron chi connectivity index (χ4n) is 0.860. The van der Waals surface area contributed by atoms with Crippen LogP contribution in [-0.4, -0.2) is 17.7 Å². The molecule has 0 aromatic heterocycles. The Morgan fingerprint density at radius 3 is 2.46 bits per heavy atom. The van der Waals surface area contributed by atoms with E-state index in [1.165, 1.54) is 0 Å². The van der Waals surface area contributed by atoms with Crippen molar-refractivity contribution in [3.05, 3.63) is 29.8 Å². The van der Waals surface area contributed by atoms with Gasteiger partial charge in [0.15, 0.2) is 0 Å². The maximum Gasteiger partial charge on any atom is 0.338 e. The SMILES string of the molecule is COc1ccc(C(=O)OCI)cc1. The van der Waals surface area contributed by atoms with Gasteiger partial charge < -0.3 is 9.47 Å². The molecule has 0 spiro atoms. The quantitative estimate of drug-likeness (QED) is 0.487. The molecule has 0 aliphatic rings. The molecule has 0 radical (unpaired) electrons. The van der Waals surface area contributed by atoms with Gasteiger partial charge in [-0.2, -0.15) is 0 Å². The zero-order chi connectivity index (χ0) is 9.68. The Hall–Kier alpha value is -0.780. The Kier molecular flexibility index (Phi) is 4.01. The highest BCUT2D eigenvalue weighted by atomic mass is 127. The van der Waals surface area contributed by atoms with Gasteiger partial charge in [0.05, 0.1) is 12.7 Å². The molecule has 0 fully saturated rings. The lowest BCUT2D eigenvalue weighted by molar-refractivity contribution is 0.0590. The largest absolute Gasteiger partial charge is 0.497 e. The van der Waals surface area contributed by atoms with Gasteiger partial charge in [0.1, 0.15) is 10.4 Å². The molecule has 0 amide bonds. The summed E-state index contributed by atoms with van der Waals surface area (Å²) in [5.74, 6) is 0.420. The lowest BCUT2D eigenvalue weighted by Crippen LogP contribution is -2.02. The number of carbonyl (C=O) groups is 1. The number of methoxy groups -OCH3 is 1. The average molecular weight is 292 g/mol. The molecular formula is C9H9IO3. The maximum atomic E-state index is 11.2. The minimum absolute atomic E-state index is 0.308. The average Bonchev–Trinajstić information content (AvgIpc) is 2.18. The van der Waals surface area contributed by atoms with Crippen LogP contribution in [0.15, 0.2) is 24.3 Å². The number of esters is 1. The summed E-state index contributed by atoms with van der Waals surface area (Å²) in [6.45, 7) is 0. The Morgan fingerprint density at radius 1 is 1.38 bits per heavy atom. The van der Waals surface area contributed by atoms with E-state index in [-0.39, 0.29) is 5.97 Å². The second-order valence-corrected chi connectivity index (χ2v) is 2.89. The van der Waals surface area contributed by atoms with Gasteiger partial charge >= 0.3 is 5.97 Å². The van der Waals surface area contributed by atoms with Gasteiger partial charge in [-0.3, -0.25) is 0 Å². The number of alkyl halides is 1. The minimum atomic E-state index is -0.308. The van der Waals surface area contributed by atoms with E-state index in [0.29, 0.717) is 10.2 Å². The summed E-state index contributed by atoms with van der Waals surface area (Å²) in [6, 6.07) is 6.80. The van der Waals surface area contributed by atoms with Gasteiger partial charge in [-0.25, -0.2) is 4.79 Å². The van der Waals surface area contributed by atoms with Crippen LogP contribution in [0.5, 0.6) is 5.75 Å². The molecule has 0 aliphatic carbocycles. The van der Waals surface area contributed by atoms with Gasteiger partial charge in [-0.15, -0.1) is 0 Å². The number of hydrogen-bond acceptors (Lipinski definition) is 3. The molecule has 3 nitrogen and oxygen atoms in total. The minimum Gasteiger partial charge on any atom is -0.497 e. The zero-order valence-corrected chi connectivity index (χ0v) is 9.28. The van der Waals surface area contributed by atoms with Crippen LogP contribution < -0.4 is 4.74 Å². The normalized spacial score (nSPS) is 9.38. The van der Waals surface area contributed by atoms with Crippen molar-refractivity contribution in [2.75, 3.05) is 11.7 Å². The highest BCUT2D eigenvalue weighted by Gasteiger charge is 2.05. The zero-order valence-electron chi connectivity index (χ0n) is 7.12. The van der Waals surface area contributed by atoms with E-state index in [1.807, 2.05) is 22.6 Å². The van der Waals surface area contributed by atoms with Crippen molar-refractivity contribution in [3.63, 3.8) is 0 Å². The number of rotatable bonds is 3. The molecule has 0 saturated heterocycles. The summed E-state index contributed by atoms with van der Waals surface area (Å²) in [5, 5.41) is 0. The van der Waals surface area contributed by atoms with Crippen LogP contribution in [0.2, 0.25) is 0 Å². The maximum absolute atomic E-state index is 11.2. The molecular weight excluding hydrogens is 283 g/mol. The van der Waals surface area contributed by atoms with Crippen molar-refractivity contribution in [1.82, 2.24) is 0 Å². The summed E-state index contributed by atoms with van der Waals surface area (Å²) < 4.78 is 10.1. The first-order chi connectivity index (χ1) is 6.27. The van der Waals surface area contributed by atoms with Gasteiger partial charge in [0.2, 0.25) is 0 Å².